The minimum absolute atomic E-state index is 0.215. The summed E-state index contributed by atoms with van der Waals surface area (Å²) in [5, 5.41) is 0. The largest absolute Gasteiger partial charge is 0.748 e. The summed E-state index contributed by atoms with van der Waals surface area (Å²) in [6.07, 6.45) is 1.18. The Kier molecular flexibility index (Phi) is 9.19. The molecule has 122 valence electrons. The maximum absolute atomic E-state index is 11.8. The van der Waals surface area contributed by atoms with E-state index in [1.165, 1.54) is 0 Å². The van der Waals surface area contributed by atoms with E-state index in [1.54, 1.807) is 0 Å². The van der Waals surface area contributed by atoms with Gasteiger partial charge in [-0.05, 0) is 25.7 Å². The van der Waals surface area contributed by atoms with Crippen molar-refractivity contribution in [3.8, 4) is 0 Å². The van der Waals surface area contributed by atoms with Crippen LogP contribution >= 0.6 is 62.9 Å². The lowest BCUT2D eigenvalue weighted by atomic mass is 9.75. The summed E-state index contributed by atoms with van der Waals surface area (Å²) in [4.78, 5) is 0. The molecule has 1 aliphatic rings. The van der Waals surface area contributed by atoms with Crippen LogP contribution in [0, 0.1) is 0 Å². The van der Waals surface area contributed by atoms with E-state index in [4.69, 9.17) is 59.8 Å². The molecule has 0 radical (unpaired) electrons. The van der Waals surface area contributed by atoms with Crippen molar-refractivity contribution >= 4 is 62.9 Å². The summed E-state index contributed by atoms with van der Waals surface area (Å²) in [6.45, 7) is 0. The van der Waals surface area contributed by atoms with Crippen LogP contribution in [0.5, 0.6) is 0 Å². The molecule has 11 heteroatoms. The van der Waals surface area contributed by atoms with Gasteiger partial charge < -0.3 is 0 Å². The fourth-order valence-electron chi connectivity index (χ4n) is 2.49. The molecule has 1 heterocycles. The van der Waals surface area contributed by atoms with E-state index in [2.05, 4.69) is 0 Å². The number of hydrogen-bond acceptors (Lipinski definition) is 5. The average molecular weight is 420 g/mol. The molecule has 5 nitrogen and oxygen atoms in total. The minimum atomic E-state index is -2.61. The van der Waals surface area contributed by atoms with E-state index in [0.717, 1.165) is 0 Å². The third-order valence-corrected chi connectivity index (χ3v) is 6.28. The van der Waals surface area contributed by atoms with Gasteiger partial charge in [-0.3, -0.25) is 0 Å². The Morgan fingerprint density at radius 2 is 0.952 bits per heavy atom. The van der Waals surface area contributed by atoms with Crippen LogP contribution in [0.1, 0.15) is 25.7 Å². The molecule has 1 rings (SSSR count). The summed E-state index contributed by atoms with van der Waals surface area (Å²) in [5.41, 5.74) is -2.23. The maximum atomic E-state index is 11.8. The molecule has 0 N–H and O–H groups in total. The van der Waals surface area contributed by atoms with Gasteiger partial charge in [-0.25, -0.2) is 0 Å². The van der Waals surface area contributed by atoms with E-state index in [-0.39, 0.29) is 23.5 Å². The van der Waals surface area contributed by atoms with E-state index >= 15 is 0 Å². The highest BCUT2D eigenvalue weighted by molar-refractivity contribution is 7.47. The molecule has 0 amide bonds. The predicted molar refractivity (Wildman–Crippen MR) is 85.3 cm³/mol. The van der Waals surface area contributed by atoms with Crippen molar-refractivity contribution in [2.24, 2.45) is 0 Å². The molecule has 0 aromatic carbocycles. The minimum Gasteiger partial charge on any atom is -0.127 e. The van der Waals surface area contributed by atoms with Crippen molar-refractivity contribution in [1.29, 1.82) is 0 Å². The second-order valence-electron chi connectivity index (χ2n) is 4.46. The highest BCUT2D eigenvalue weighted by Gasteiger charge is 2.67. The second-order valence-corrected chi connectivity index (χ2v) is 7.88. The number of halogens is 4. The molecule has 0 bridgehead atoms. The van der Waals surface area contributed by atoms with Crippen molar-refractivity contribution in [3.63, 3.8) is 0 Å². The van der Waals surface area contributed by atoms with Crippen molar-refractivity contribution in [1.82, 2.24) is 0 Å². The van der Waals surface area contributed by atoms with Crippen LogP contribution in [0.2, 0.25) is 0 Å². The van der Waals surface area contributed by atoms with Crippen LogP contribution < -0.4 is 0 Å². The van der Waals surface area contributed by atoms with Crippen LogP contribution in [0.25, 0.3) is 0 Å². The zero-order valence-electron chi connectivity index (χ0n) is 11.1. The first-order valence-corrected chi connectivity index (χ1v) is 10.6. The van der Waals surface area contributed by atoms with Crippen molar-refractivity contribution < 1.29 is 22.5 Å². The first-order valence-electron chi connectivity index (χ1n) is 6.24. The molecule has 0 aromatic rings. The number of rotatable bonds is 8. The third-order valence-electron chi connectivity index (χ3n) is 3.46. The van der Waals surface area contributed by atoms with Crippen LogP contribution in [-0.4, -0.2) is 34.7 Å². The van der Waals surface area contributed by atoms with E-state index in [9.17, 15) is 9.13 Å². The SMILES string of the molecule is O=[P+]1O[P+](=O)OC(CCCl)(CCCl)C(CCCl)(CCCl)O1. The average Bonchev–Trinajstić information content (AvgIpc) is 2.47. The summed E-state index contributed by atoms with van der Waals surface area (Å²) >= 11 is 23.5. The lowest BCUT2D eigenvalue weighted by Crippen LogP contribution is -2.56. The molecule has 0 aliphatic carbocycles. The molecule has 21 heavy (non-hydrogen) atoms. The van der Waals surface area contributed by atoms with Gasteiger partial charge in [0.1, 0.15) is 0 Å². The van der Waals surface area contributed by atoms with Gasteiger partial charge in [-0.2, -0.15) is 0 Å². The van der Waals surface area contributed by atoms with Crippen molar-refractivity contribution in [2.75, 3.05) is 23.5 Å². The predicted octanol–water partition coefficient (Wildman–Crippen LogP) is 5.36. The normalized spacial score (nSPS) is 24.8. The number of hydrogen-bond donors (Lipinski definition) is 0. The van der Waals surface area contributed by atoms with Crippen LogP contribution in [0.4, 0.5) is 0 Å². The van der Waals surface area contributed by atoms with Gasteiger partial charge in [0.15, 0.2) is 15.5 Å². The monoisotopic (exact) mass is 418 g/mol. The molecular weight excluding hydrogens is 404 g/mol. The quantitative estimate of drug-likeness (QED) is 0.391. The van der Waals surface area contributed by atoms with Gasteiger partial charge in [0.25, 0.3) is 0 Å². The first kappa shape index (κ1) is 20.3. The Balaban J connectivity index is 3.35. The topological polar surface area (TPSA) is 61.8 Å². The molecule has 2 unspecified atom stereocenters. The molecule has 2 atom stereocenters. The van der Waals surface area contributed by atoms with E-state index in [0.29, 0.717) is 25.7 Å². The zero-order valence-corrected chi connectivity index (χ0v) is 15.9. The van der Waals surface area contributed by atoms with Crippen LogP contribution in [0.3, 0.4) is 0 Å². The standard InChI is InChI=1S/C10H16Cl4O5P2/c11-5-1-9(2-6-12)10(3-7-13,4-8-14)18-21(16)19-20(15)17-9/h1-8H2/q+2. The Morgan fingerprint density at radius 1 is 0.667 bits per heavy atom. The third kappa shape index (κ3) is 4.86. The van der Waals surface area contributed by atoms with Gasteiger partial charge >= 0.3 is 16.5 Å². The summed E-state index contributed by atoms with van der Waals surface area (Å²) in [6, 6.07) is 0. The second kappa shape index (κ2) is 9.52. The fraction of sp³-hybridized carbons (Fsp3) is 1.00. The van der Waals surface area contributed by atoms with Gasteiger partial charge in [-0.15, -0.1) is 55.5 Å². The Labute approximate surface area is 145 Å². The highest BCUT2D eigenvalue weighted by Crippen LogP contribution is 2.58. The molecule has 0 saturated carbocycles. The lowest BCUT2D eigenvalue weighted by Gasteiger charge is -2.40. The van der Waals surface area contributed by atoms with E-state index in [1.807, 2.05) is 0 Å². The van der Waals surface area contributed by atoms with Crippen LogP contribution in [-0.2, 0) is 22.5 Å². The Morgan fingerprint density at radius 3 is 1.19 bits per heavy atom. The Bertz CT molecular complexity index is 338. The van der Waals surface area contributed by atoms with E-state index < -0.39 is 27.7 Å². The molecule has 1 fully saturated rings. The van der Waals surface area contributed by atoms with Crippen molar-refractivity contribution in [2.45, 2.75) is 36.9 Å². The summed E-state index contributed by atoms with van der Waals surface area (Å²) < 4.78 is 39.5. The van der Waals surface area contributed by atoms with Crippen LogP contribution in [0.15, 0.2) is 0 Å². The maximum Gasteiger partial charge on any atom is 0.748 e. The fourth-order valence-corrected chi connectivity index (χ4v) is 5.69. The molecule has 1 aliphatic heterocycles. The molecular formula is C10H16Cl4O5P2+2. The van der Waals surface area contributed by atoms with Gasteiger partial charge in [0, 0.05) is 32.7 Å². The summed E-state index contributed by atoms with van der Waals surface area (Å²) in [5.74, 6) is 0.859. The molecule has 0 aromatic heterocycles. The highest BCUT2D eigenvalue weighted by atomic mass is 35.5. The first-order chi connectivity index (χ1) is 9.99. The van der Waals surface area contributed by atoms with Gasteiger partial charge in [0.2, 0.25) is 0 Å². The smallest absolute Gasteiger partial charge is 0.127 e. The zero-order chi connectivity index (χ0) is 15.9. The Hall–Kier alpha value is 1.24. The van der Waals surface area contributed by atoms with Crippen molar-refractivity contribution in [3.05, 3.63) is 0 Å². The van der Waals surface area contributed by atoms with Gasteiger partial charge in [-0.1, -0.05) is 0 Å². The summed E-state index contributed by atoms with van der Waals surface area (Å²) in [7, 11) is -5.22. The number of alkyl halides is 4. The lowest BCUT2D eigenvalue weighted by molar-refractivity contribution is -0.114. The molecule has 0 spiro atoms. The molecule has 1 saturated heterocycles. The van der Waals surface area contributed by atoms with Gasteiger partial charge in [0.05, 0.1) is 0 Å².